The van der Waals surface area contributed by atoms with Gasteiger partial charge < -0.3 is 5.73 Å². The third kappa shape index (κ3) is 2.54. The van der Waals surface area contributed by atoms with Crippen LogP contribution in [0.15, 0.2) is 0 Å². The predicted octanol–water partition coefficient (Wildman–Crippen LogP) is 1.09. The highest BCUT2D eigenvalue weighted by molar-refractivity contribution is 7.94. The first kappa shape index (κ1) is 15.4. The molecule has 2 N–H and O–H groups in total. The van der Waals surface area contributed by atoms with E-state index in [-0.39, 0.29) is 11.3 Å². The van der Waals surface area contributed by atoms with Crippen molar-refractivity contribution in [1.82, 2.24) is 4.31 Å². The molecule has 0 unspecified atom stereocenters. The first-order chi connectivity index (χ1) is 8.06. The summed E-state index contributed by atoms with van der Waals surface area (Å²) in [5.41, 5.74) is 5.71. The zero-order valence-electron chi connectivity index (χ0n) is 11.7. The maximum atomic E-state index is 11.8. The second-order valence-electron chi connectivity index (χ2n) is 6.22. The zero-order chi connectivity index (χ0) is 14.2. The van der Waals surface area contributed by atoms with Crippen LogP contribution in [0.25, 0.3) is 0 Å². The number of carbonyl (C=O) groups excluding carboxylic acids is 1. The predicted molar refractivity (Wildman–Crippen MR) is 71.4 cm³/mol. The van der Waals surface area contributed by atoms with Gasteiger partial charge in [-0.05, 0) is 38.6 Å². The minimum atomic E-state index is -3.41. The highest BCUT2D eigenvalue weighted by Crippen LogP contribution is 2.35. The molecule has 0 aromatic rings. The van der Waals surface area contributed by atoms with Crippen molar-refractivity contribution in [3.05, 3.63) is 0 Å². The summed E-state index contributed by atoms with van der Waals surface area (Å²) in [7, 11) is -3.41. The molecule has 18 heavy (non-hydrogen) atoms. The van der Waals surface area contributed by atoms with Crippen LogP contribution in [0.1, 0.15) is 47.0 Å². The minimum absolute atomic E-state index is 0.0805. The Morgan fingerprint density at radius 3 is 2.28 bits per heavy atom. The maximum Gasteiger partial charge on any atom is 0.258 e. The fourth-order valence-corrected chi connectivity index (χ4v) is 3.50. The average molecular weight is 276 g/mol. The Kier molecular flexibility index (Phi) is 4.13. The molecule has 106 valence electrons. The number of sulfonamides is 1. The summed E-state index contributed by atoms with van der Waals surface area (Å²) >= 11 is 0. The van der Waals surface area contributed by atoms with Gasteiger partial charge in [-0.15, -0.1) is 0 Å². The molecular formula is C12H24N2O3S. The van der Waals surface area contributed by atoms with Crippen molar-refractivity contribution in [2.24, 2.45) is 11.1 Å². The Morgan fingerprint density at radius 1 is 1.28 bits per heavy atom. The normalized spacial score (nSPS) is 21.8. The minimum Gasteiger partial charge on any atom is -0.330 e. The van der Waals surface area contributed by atoms with Crippen LogP contribution in [0, 0.1) is 5.41 Å². The number of hydrogen-bond donors (Lipinski definition) is 1. The van der Waals surface area contributed by atoms with Crippen molar-refractivity contribution in [3.8, 4) is 0 Å². The van der Waals surface area contributed by atoms with E-state index in [2.05, 4.69) is 13.8 Å². The SMILES string of the molecule is CC(C)(CN)CCCCN1C(=O)C(C)(C)S1(=O)=O. The average Bonchev–Trinajstić information content (AvgIpc) is 2.27. The van der Waals surface area contributed by atoms with Gasteiger partial charge in [-0.3, -0.25) is 4.79 Å². The van der Waals surface area contributed by atoms with Gasteiger partial charge in [-0.2, -0.15) is 0 Å². The summed E-state index contributed by atoms with van der Waals surface area (Å²) in [6.07, 6.45) is 2.52. The summed E-state index contributed by atoms with van der Waals surface area (Å²) in [5, 5.41) is 0. The molecule has 0 aromatic heterocycles. The van der Waals surface area contributed by atoms with Crippen molar-refractivity contribution >= 4 is 15.9 Å². The second-order valence-corrected chi connectivity index (χ2v) is 8.63. The lowest BCUT2D eigenvalue weighted by Crippen LogP contribution is -2.67. The molecule has 5 nitrogen and oxygen atoms in total. The first-order valence-corrected chi connectivity index (χ1v) is 7.77. The van der Waals surface area contributed by atoms with E-state index in [9.17, 15) is 13.2 Å². The van der Waals surface area contributed by atoms with Crippen LogP contribution in [-0.2, 0) is 14.8 Å². The van der Waals surface area contributed by atoms with Crippen LogP contribution in [0.5, 0.6) is 0 Å². The van der Waals surface area contributed by atoms with Crippen molar-refractivity contribution in [2.45, 2.75) is 51.7 Å². The highest BCUT2D eigenvalue weighted by Gasteiger charge is 2.59. The molecule has 0 radical (unpaired) electrons. The molecule has 1 heterocycles. The van der Waals surface area contributed by atoms with E-state index in [1.54, 1.807) is 0 Å². The molecule has 0 aromatic carbocycles. The quantitative estimate of drug-likeness (QED) is 0.736. The van der Waals surface area contributed by atoms with Gasteiger partial charge in [-0.1, -0.05) is 20.3 Å². The Labute approximate surface area is 110 Å². The Bertz CT molecular complexity index is 427. The number of nitrogens with zero attached hydrogens (tertiary/aromatic N) is 1. The molecule has 1 saturated heterocycles. The van der Waals surface area contributed by atoms with Gasteiger partial charge in [0.2, 0.25) is 0 Å². The molecule has 1 rings (SSSR count). The summed E-state index contributed by atoms with van der Waals surface area (Å²) in [4.78, 5) is 11.7. The van der Waals surface area contributed by atoms with Crippen LogP contribution >= 0.6 is 0 Å². The third-order valence-electron chi connectivity index (χ3n) is 3.69. The van der Waals surface area contributed by atoms with Crippen LogP contribution in [0.2, 0.25) is 0 Å². The van der Waals surface area contributed by atoms with Gasteiger partial charge in [0, 0.05) is 6.54 Å². The molecule has 0 spiro atoms. The number of unbranched alkanes of at least 4 members (excludes halogenated alkanes) is 1. The second kappa shape index (κ2) is 4.81. The summed E-state index contributed by atoms with van der Waals surface area (Å²) < 4.78 is 23.4. The molecule has 0 atom stereocenters. The standard InChI is InChI=1S/C12H24N2O3S/c1-11(2,9-13)7-5-6-8-14-10(15)12(3,4)18(14,16)17/h5-9,13H2,1-4H3. The Hall–Kier alpha value is -0.620. The van der Waals surface area contributed by atoms with Crippen molar-refractivity contribution in [3.63, 3.8) is 0 Å². The van der Waals surface area contributed by atoms with Crippen molar-refractivity contribution in [2.75, 3.05) is 13.1 Å². The van der Waals surface area contributed by atoms with Gasteiger partial charge in [-0.25, -0.2) is 12.7 Å². The molecule has 1 fully saturated rings. The molecule has 0 saturated carbocycles. The van der Waals surface area contributed by atoms with E-state index in [0.717, 1.165) is 17.1 Å². The van der Waals surface area contributed by atoms with E-state index in [1.807, 2.05) is 0 Å². The van der Waals surface area contributed by atoms with E-state index >= 15 is 0 Å². The number of amides is 1. The molecule has 6 heteroatoms. The molecular weight excluding hydrogens is 252 g/mol. The number of hydrogen-bond acceptors (Lipinski definition) is 4. The molecule has 1 aliphatic rings. The third-order valence-corrected chi connectivity index (χ3v) is 6.09. The van der Waals surface area contributed by atoms with Gasteiger partial charge in [0.25, 0.3) is 15.9 Å². The fourth-order valence-electron chi connectivity index (χ4n) is 1.94. The van der Waals surface area contributed by atoms with E-state index < -0.39 is 14.8 Å². The lowest BCUT2D eigenvalue weighted by molar-refractivity contribution is -0.132. The van der Waals surface area contributed by atoms with Gasteiger partial charge in [0.1, 0.15) is 0 Å². The van der Waals surface area contributed by atoms with Crippen molar-refractivity contribution < 1.29 is 13.2 Å². The topological polar surface area (TPSA) is 80.5 Å². The lowest BCUT2D eigenvalue weighted by atomic mass is 9.87. The summed E-state index contributed by atoms with van der Waals surface area (Å²) in [6, 6.07) is 0. The number of carbonyl (C=O) groups is 1. The van der Waals surface area contributed by atoms with Gasteiger partial charge in [0.05, 0.1) is 0 Å². The van der Waals surface area contributed by atoms with Crippen LogP contribution in [0.3, 0.4) is 0 Å². The van der Waals surface area contributed by atoms with Crippen LogP contribution in [-0.4, -0.2) is 36.5 Å². The fraction of sp³-hybridized carbons (Fsp3) is 0.917. The highest BCUT2D eigenvalue weighted by atomic mass is 32.2. The number of nitrogens with two attached hydrogens (primary N) is 1. The van der Waals surface area contributed by atoms with Gasteiger partial charge >= 0.3 is 0 Å². The van der Waals surface area contributed by atoms with Crippen molar-refractivity contribution in [1.29, 1.82) is 0 Å². The van der Waals surface area contributed by atoms with Crippen LogP contribution < -0.4 is 5.73 Å². The summed E-state index contributed by atoms with van der Waals surface area (Å²) in [5.74, 6) is -0.291. The van der Waals surface area contributed by atoms with Crippen LogP contribution in [0.4, 0.5) is 0 Å². The molecule has 1 aliphatic heterocycles. The molecule has 1 amide bonds. The molecule has 0 bridgehead atoms. The molecule has 0 aliphatic carbocycles. The first-order valence-electron chi connectivity index (χ1n) is 6.33. The number of rotatable bonds is 6. The van der Waals surface area contributed by atoms with Gasteiger partial charge in [0.15, 0.2) is 4.75 Å². The lowest BCUT2D eigenvalue weighted by Gasteiger charge is -2.43. The smallest absolute Gasteiger partial charge is 0.258 e. The Morgan fingerprint density at radius 2 is 1.83 bits per heavy atom. The van der Waals surface area contributed by atoms with E-state index in [0.29, 0.717) is 19.5 Å². The zero-order valence-corrected chi connectivity index (χ0v) is 12.5. The summed E-state index contributed by atoms with van der Waals surface area (Å²) in [6.45, 7) is 7.99. The monoisotopic (exact) mass is 276 g/mol. The Balaban J connectivity index is 2.41. The van der Waals surface area contributed by atoms with E-state index in [4.69, 9.17) is 5.73 Å². The largest absolute Gasteiger partial charge is 0.330 e. The maximum absolute atomic E-state index is 11.8. The van der Waals surface area contributed by atoms with E-state index in [1.165, 1.54) is 13.8 Å².